The fourth-order valence-corrected chi connectivity index (χ4v) is 1.81. The fraction of sp³-hybridized carbons (Fsp3) is 0.412. The predicted molar refractivity (Wildman–Crippen MR) is 86.6 cm³/mol. The Morgan fingerprint density at radius 2 is 1.81 bits per heavy atom. The Hall–Kier alpha value is -2.10. The third kappa shape index (κ3) is 4.74. The summed E-state index contributed by atoms with van der Waals surface area (Å²) in [5.74, 6) is 2.04. The number of hydrogen-bond donors (Lipinski definition) is 1. The maximum absolute atomic E-state index is 5.80. The second-order valence-electron chi connectivity index (χ2n) is 6.19. The van der Waals surface area contributed by atoms with Gasteiger partial charge in [0.2, 0.25) is 5.88 Å². The van der Waals surface area contributed by atoms with E-state index in [1.165, 1.54) is 0 Å². The first-order valence-corrected chi connectivity index (χ1v) is 7.23. The van der Waals surface area contributed by atoms with Gasteiger partial charge in [0.25, 0.3) is 0 Å². The number of benzene rings is 1. The molecule has 0 aliphatic rings. The van der Waals surface area contributed by atoms with Crippen LogP contribution in [0.25, 0.3) is 11.4 Å². The van der Waals surface area contributed by atoms with Crippen LogP contribution >= 0.6 is 0 Å². The molecule has 0 aliphatic heterocycles. The largest absolute Gasteiger partial charge is 0.477 e. The maximum Gasteiger partial charge on any atom is 0.219 e. The molecule has 1 heterocycles. The summed E-state index contributed by atoms with van der Waals surface area (Å²) >= 11 is 0. The molecule has 2 aromatic rings. The highest BCUT2D eigenvalue weighted by molar-refractivity contribution is 5.58. The summed E-state index contributed by atoms with van der Waals surface area (Å²) < 4.78 is 5.80. The fourth-order valence-electron chi connectivity index (χ4n) is 1.81. The molecule has 0 aliphatic carbocycles. The van der Waals surface area contributed by atoms with Gasteiger partial charge in [-0.25, -0.2) is 4.98 Å². The summed E-state index contributed by atoms with van der Waals surface area (Å²) in [4.78, 5) is 8.97. The zero-order valence-corrected chi connectivity index (χ0v) is 13.2. The van der Waals surface area contributed by atoms with E-state index in [0.29, 0.717) is 18.3 Å². The second kappa shape index (κ2) is 6.57. The van der Waals surface area contributed by atoms with Crippen LogP contribution in [-0.2, 0) is 0 Å². The van der Waals surface area contributed by atoms with Gasteiger partial charge in [0.15, 0.2) is 5.82 Å². The van der Waals surface area contributed by atoms with Gasteiger partial charge in [-0.2, -0.15) is 4.98 Å². The van der Waals surface area contributed by atoms with Crippen LogP contribution in [0.3, 0.4) is 0 Å². The first kappa shape index (κ1) is 15.3. The van der Waals surface area contributed by atoms with Crippen LogP contribution < -0.4 is 10.1 Å². The topological polar surface area (TPSA) is 47.0 Å². The Morgan fingerprint density at radius 1 is 1.10 bits per heavy atom. The number of anilines is 1. The molecule has 21 heavy (non-hydrogen) atoms. The van der Waals surface area contributed by atoms with Crippen molar-refractivity contribution < 1.29 is 4.74 Å². The van der Waals surface area contributed by atoms with Gasteiger partial charge in [-0.1, -0.05) is 51.1 Å². The number of aromatic nitrogens is 2. The molecule has 0 bridgehead atoms. The van der Waals surface area contributed by atoms with Crippen molar-refractivity contribution in [3.8, 4) is 17.3 Å². The molecule has 1 N–H and O–H groups in total. The lowest BCUT2D eigenvalue weighted by Gasteiger charge is -2.18. The van der Waals surface area contributed by atoms with E-state index in [2.05, 4.69) is 36.1 Å². The Labute approximate surface area is 126 Å². The highest BCUT2D eigenvalue weighted by atomic mass is 16.5. The molecule has 1 aromatic heterocycles. The first-order valence-electron chi connectivity index (χ1n) is 7.23. The van der Waals surface area contributed by atoms with Crippen molar-refractivity contribution in [1.82, 2.24) is 9.97 Å². The van der Waals surface area contributed by atoms with E-state index in [1.54, 1.807) is 0 Å². The summed E-state index contributed by atoms with van der Waals surface area (Å²) in [7, 11) is 1.84. The minimum absolute atomic E-state index is 0.251. The van der Waals surface area contributed by atoms with Gasteiger partial charge in [0.1, 0.15) is 5.82 Å². The zero-order chi connectivity index (χ0) is 15.3. The Bertz CT molecular complexity index is 576. The molecule has 0 radical (unpaired) electrons. The van der Waals surface area contributed by atoms with Crippen molar-refractivity contribution in [1.29, 1.82) is 0 Å². The lowest BCUT2D eigenvalue weighted by Crippen LogP contribution is -2.12. The number of ether oxygens (including phenoxy) is 1. The molecule has 1 aromatic carbocycles. The van der Waals surface area contributed by atoms with E-state index in [9.17, 15) is 0 Å². The highest BCUT2D eigenvalue weighted by Crippen LogP contribution is 2.23. The molecule has 0 fully saturated rings. The molecule has 2 rings (SSSR count). The van der Waals surface area contributed by atoms with Crippen LogP contribution in [-0.4, -0.2) is 23.6 Å². The van der Waals surface area contributed by atoms with Crippen molar-refractivity contribution in [3.63, 3.8) is 0 Å². The highest BCUT2D eigenvalue weighted by Gasteiger charge is 2.11. The van der Waals surface area contributed by atoms with E-state index < -0.39 is 0 Å². The van der Waals surface area contributed by atoms with Crippen LogP contribution in [0.1, 0.15) is 27.2 Å². The number of nitrogens with one attached hydrogen (secondary N) is 1. The van der Waals surface area contributed by atoms with E-state index in [-0.39, 0.29) is 5.41 Å². The SMILES string of the molecule is CNc1cc(OCCC(C)(C)C)nc(-c2ccccc2)n1. The third-order valence-corrected chi connectivity index (χ3v) is 3.09. The maximum atomic E-state index is 5.80. The molecule has 0 atom stereocenters. The van der Waals surface area contributed by atoms with Crippen molar-refractivity contribution in [2.24, 2.45) is 5.41 Å². The normalized spacial score (nSPS) is 11.2. The summed E-state index contributed by atoms with van der Waals surface area (Å²) in [6.07, 6.45) is 0.979. The minimum atomic E-state index is 0.251. The molecule has 0 amide bonds. The van der Waals surface area contributed by atoms with Gasteiger partial charge in [-0.3, -0.25) is 0 Å². The minimum Gasteiger partial charge on any atom is -0.477 e. The zero-order valence-electron chi connectivity index (χ0n) is 13.2. The van der Waals surface area contributed by atoms with Crippen LogP contribution in [0.5, 0.6) is 5.88 Å². The van der Waals surface area contributed by atoms with Crippen LogP contribution in [0.2, 0.25) is 0 Å². The summed E-state index contributed by atoms with van der Waals surface area (Å²) in [6, 6.07) is 11.7. The van der Waals surface area contributed by atoms with E-state index in [0.717, 1.165) is 17.8 Å². The van der Waals surface area contributed by atoms with Crippen molar-refractivity contribution in [2.75, 3.05) is 19.0 Å². The molecule has 0 saturated carbocycles. The average molecular weight is 285 g/mol. The summed E-state index contributed by atoms with van der Waals surface area (Å²) in [5, 5.41) is 3.05. The Kier molecular flexibility index (Phi) is 4.78. The van der Waals surface area contributed by atoms with Gasteiger partial charge >= 0.3 is 0 Å². The lowest BCUT2D eigenvalue weighted by atomic mass is 9.93. The Morgan fingerprint density at radius 3 is 2.43 bits per heavy atom. The average Bonchev–Trinajstić information content (AvgIpc) is 2.46. The monoisotopic (exact) mass is 285 g/mol. The number of rotatable bonds is 5. The lowest BCUT2D eigenvalue weighted by molar-refractivity contribution is 0.236. The van der Waals surface area contributed by atoms with E-state index in [1.807, 2.05) is 43.4 Å². The molecule has 4 heteroatoms. The van der Waals surface area contributed by atoms with Gasteiger partial charge in [-0.05, 0) is 11.8 Å². The van der Waals surface area contributed by atoms with Gasteiger partial charge < -0.3 is 10.1 Å². The smallest absolute Gasteiger partial charge is 0.219 e. The quantitative estimate of drug-likeness (QED) is 0.902. The van der Waals surface area contributed by atoms with Crippen LogP contribution in [0.15, 0.2) is 36.4 Å². The molecule has 112 valence electrons. The van der Waals surface area contributed by atoms with E-state index in [4.69, 9.17) is 4.74 Å². The van der Waals surface area contributed by atoms with Crippen molar-refractivity contribution in [3.05, 3.63) is 36.4 Å². The number of hydrogen-bond acceptors (Lipinski definition) is 4. The van der Waals surface area contributed by atoms with E-state index >= 15 is 0 Å². The molecule has 0 unspecified atom stereocenters. The first-order chi connectivity index (χ1) is 9.98. The van der Waals surface area contributed by atoms with Crippen molar-refractivity contribution >= 4 is 5.82 Å². The summed E-state index contributed by atoms with van der Waals surface area (Å²) in [6.45, 7) is 7.25. The standard InChI is InChI=1S/C17H23N3O/c1-17(2,3)10-11-21-15-12-14(18-4)19-16(20-15)13-8-6-5-7-9-13/h5-9,12H,10-11H2,1-4H3,(H,18,19,20). The molecule has 0 saturated heterocycles. The molecule has 4 nitrogen and oxygen atoms in total. The van der Waals surface area contributed by atoms with Crippen LogP contribution in [0.4, 0.5) is 5.82 Å². The van der Waals surface area contributed by atoms with Gasteiger partial charge in [0, 0.05) is 18.7 Å². The van der Waals surface area contributed by atoms with Gasteiger partial charge in [0.05, 0.1) is 6.61 Å². The second-order valence-corrected chi connectivity index (χ2v) is 6.19. The van der Waals surface area contributed by atoms with Crippen LogP contribution in [0, 0.1) is 5.41 Å². The number of nitrogens with zero attached hydrogens (tertiary/aromatic N) is 2. The summed E-state index contributed by atoms with van der Waals surface area (Å²) in [5.41, 5.74) is 1.23. The molecular weight excluding hydrogens is 262 g/mol. The molecule has 0 spiro atoms. The predicted octanol–water partition coefficient (Wildman–Crippen LogP) is 4.00. The Balaban J connectivity index is 2.18. The van der Waals surface area contributed by atoms with Crippen molar-refractivity contribution in [2.45, 2.75) is 27.2 Å². The van der Waals surface area contributed by atoms with Gasteiger partial charge in [-0.15, -0.1) is 0 Å². The third-order valence-electron chi connectivity index (χ3n) is 3.09. The molecular formula is C17H23N3O.